The molecule has 1 rings (SSSR count). The normalized spacial score (nSPS) is 9.68. The van der Waals surface area contributed by atoms with Crippen molar-refractivity contribution < 1.29 is 4.79 Å². The molecule has 0 atom stereocenters. The van der Waals surface area contributed by atoms with E-state index in [9.17, 15) is 4.79 Å². The lowest BCUT2D eigenvalue weighted by molar-refractivity contribution is -0.117. The van der Waals surface area contributed by atoms with Crippen LogP contribution < -0.4 is 11.1 Å². The van der Waals surface area contributed by atoms with Crippen molar-refractivity contribution in [1.82, 2.24) is 4.90 Å². The predicted octanol–water partition coefficient (Wildman–Crippen LogP) is 0.865. The Morgan fingerprint density at radius 3 is 2.53 bits per heavy atom. The summed E-state index contributed by atoms with van der Waals surface area (Å²) >= 11 is 0. The van der Waals surface area contributed by atoms with Crippen LogP contribution in [0.25, 0.3) is 0 Å². The molecule has 1 aromatic rings. The minimum Gasteiger partial charge on any atom is -0.397 e. The van der Waals surface area contributed by atoms with Crippen LogP contribution in [-0.2, 0) is 4.79 Å². The number of hydrogen-bond acceptors (Lipinski definition) is 5. The van der Waals surface area contributed by atoms with E-state index >= 15 is 0 Å². The second-order valence-corrected chi connectivity index (χ2v) is 4.10. The van der Waals surface area contributed by atoms with Gasteiger partial charge in [-0.05, 0) is 24.6 Å². The highest BCUT2D eigenvalue weighted by atomic mass is 16.2. The molecule has 0 unspecified atom stereocenters. The number of nitrogens with zero attached hydrogens (tertiary/aromatic N) is 3. The topological polar surface area (TPSA) is 106 Å². The van der Waals surface area contributed by atoms with Crippen molar-refractivity contribution in [3.8, 4) is 12.1 Å². The molecule has 1 aromatic carbocycles. The van der Waals surface area contributed by atoms with Gasteiger partial charge in [-0.3, -0.25) is 9.69 Å². The number of carbonyl (C=O) groups excluding carboxylic acids is 1. The van der Waals surface area contributed by atoms with E-state index in [-0.39, 0.29) is 25.5 Å². The lowest BCUT2D eigenvalue weighted by Crippen LogP contribution is -2.34. The Kier molecular flexibility index (Phi) is 5.34. The number of carbonyl (C=O) groups is 1. The molecule has 0 bridgehead atoms. The minimum absolute atomic E-state index is 0.0194. The molecule has 3 N–H and O–H groups in total. The van der Waals surface area contributed by atoms with Crippen LogP contribution in [0, 0.1) is 29.6 Å². The summed E-state index contributed by atoms with van der Waals surface area (Å²) in [7, 11) is 0. The van der Waals surface area contributed by atoms with Gasteiger partial charge in [0.2, 0.25) is 5.91 Å². The zero-order valence-corrected chi connectivity index (χ0v) is 10.7. The predicted molar refractivity (Wildman–Crippen MR) is 71.9 cm³/mol. The third kappa shape index (κ3) is 4.66. The van der Waals surface area contributed by atoms with Crippen LogP contribution in [0.1, 0.15) is 5.56 Å². The molecule has 0 fully saturated rings. The van der Waals surface area contributed by atoms with E-state index in [0.29, 0.717) is 11.4 Å². The Morgan fingerprint density at radius 1 is 1.37 bits per heavy atom. The first-order chi connectivity index (χ1) is 9.06. The number of nitriles is 2. The molecule has 19 heavy (non-hydrogen) atoms. The summed E-state index contributed by atoms with van der Waals surface area (Å²) in [6.45, 7) is 1.95. The third-order valence-electron chi connectivity index (χ3n) is 2.44. The first-order valence-corrected chi connectivity index (χ1v) is 5.69. The molecule has 6 nitrogen and oxygen atoms in total. The number of amides is 1. The zero-order valence-electron chi connectivity index (χ0n) is 10.7. The van der Waals surface area contributed by atoms with Gasteiger partial charge in [0.05, 0.1) is 43.1 Å². The smallest absolute Gasteiger partial charge is 0.238 e. The molecule has 0 aliphatic heterocycles. The van der Waals surface area contributed by atoms with E-state index in [1.807, 2.05) is 25.1 Å². The van der Waals surface area contributed by atoms with Gasteiger partial charge in [0.25, 0.3) is 0 Å². The molecule has 6 heteroatoms. The molecular formula is C13H15N5O. The molecule has 0 aromatic heterocycles. The summed E-state index contributed by atoms with van der Waals surface area (Å²) in [5, 5.41) is 19.8. The Labute approximate surface area is 112 Å². The fourth-order valence-electron chi connectivity index (χ4n) is 1.56. The van der Waals surface area contributed by atoms with Crippen molar-refractivity contribution in [2.75, 3.05) is 30.7 Å². The maximum Gasteiger partial charge on any atom is 0.238 e. The molecule has 1 amide bonds. The molecule has 0 spiro atoms. The summed E-state index contributed by atoms with van der Waals surface area (Å²) in [6.07, 6.45) is 0. The molecule has 0 saturated heterocycles. The van der Waals surface area contributed by atoms with Gasteiger partial charge in [0.15, 0.2) is 0 Å². The molecule has 0 aliphatic rings. The number of aryl methyl sites for hydroxylation is 1. The van der Waals surface area contributed by atoms with E-state index < -0.39 is 0 Å². The van der Waals surface area contributed by atoms with Gasteiger partial charge in [0, 0.05) is 0 Å². The van der Waals surface area contributed by atoms with Crippen molar-refractivity contribution in [2.45, 2.75) is 6.92 Å². The lowest BCUT2D eigenvalue weighted by Gasteiger charge is -2.15. The van der Waals surface area contributed by atoms with Crippen molar-refractivity contribution in [3.05, 3.63) is 23.8 Å². The first-order valence-electron chi connectivity index (χ1n) is 5.69. The quantitative estimate of drug-likeness (QED) is 0.601. The standard InChI is InChI=1S/C13H15N5O/c1-10-2-3-12(11(16)8-10)17-13(19)9-18(6-4-14)7-5-15/h2-3,8H,6-7,9,16H2,1H3,(H,17,19). The van der Waals surface area contributed by atoms with Crippen molar-refractivity contribution >= 4 is 17.3 Å². The molecule has 0 saturated carbocycles. The summed E-state index contributed by atoms with van der Waals surface area (Å²) in [6, 6.07) is 9.15. The zero-order chi connectivity index (χ0) is 14.3. The second-order valence-electron chi connectivity index (χ2n) is 4.10. The maximum atomic E-state index is 11.8. The minimum atomic E-state index is -0.305. The molecular weight excluding hydrogens is 242 g/mol. The first kappa shape index (κ1) is 14.5. The third-order valence-corrected chi connectivity index (χ3v) is 2.44. The Bertz CT molecular complexity index is 525. The number of nitrogens with two attached hydrogens (primary N) is 1. The number of anilines is 2. The van der Waals surface area contributed by atoms with Gasteiger partial charge in [-0.25, -0.2) is 0 Å². The van der Waals surface area contributed by atoms with E-state index in [2.05, 4.69) is 5.32 Å². The van der Waals surface area contributed by atoms with Crippen LogP contribution in [0.4, 0.5) is 11.4 Å². The average molecular weight is 257 g/mol. The number of hydrogen-bond donors (Lipinski definition) is 2. The van der Waals surface area contributed by atoms with E-state index in [0.717, 1.165) is 5.56 Å². The van der Waals surface area contributed by atoms with Crippen molar-refractivity contribution in [3.63, 3.8) is 0 Å². The summed E-state index contributed by atoms with van der Waals surface area (Å²) in [4.78, 5) is 13.2. The number of rotatable bonds is 5. The molecule has 0 aliphatic carbocycles. The Morgan fingerprint density at radius 2 is 2.00 bits per heavy atom. The highest BCUT2D eigenvalue weighted by Gasteiger charge is 2.11. The van der Waals surface area contributed by atoms with E-state index in [1.54, 1.807) is 12.1 Å². The monoisotopic (exact) mass is 257 g/mol. The van der Waals surface area contributed by atoms with Crippen LogP contribution in [0.5, 0.6) is 0 Å². The number of benzene rings is 1. The van der Waals surface area contributed by atoms with E-state index in [1.165, 1.54) is 4.90 Å². The maximum absolute atomic E-state index is 11.8. The Balaban J connectivity index is 2.64. The van der Waals surface area contributed by atoms with Gasteiger partial charge in [-0.15, -0.1) is 0 Å². The fourth-order valence-corrected chi connectivity index (χ4v) is 1.56. The van der Waals surface area contributed by atoms with Crippen LogP contribution in [-0.4, -0.2) is 30.4 Å². The lowest BCUT2D eigenvalue weighted by atomic mass is 10.2. The van der Waals surface area contributed by atoms with Crippen LogP contribution in [0.2, 0.25) is 0 Å². The van der Waals surface area contributed by atoms with Gasteiger partial charge >= 0.3 is 0 Å². The highest BCUT2D eigenvalue weighted by molar-refractivity contribution is 5.95. The molecule has 0 heterocycles. The SMILES string of the molecule is Cc1ccc(NC(=O)CN(CC#N)CC#N)c(N)c1. The van der Waals surface area contributed by atoms with Gasteiger partial charge in [0.1, 0.15) is 0 Å². The van der Waals surface area contributed by atoms with Crippen LogP contribution >= 0.6 is 0 Å². The summed E-state index contributed by atoms with van der Waals surface area (Å²) in [5.74, 6) is -0.305. The summed E-state index contributed by atoms with van der Waals surface area (Å²) < 4.78 is 0. The van der Waals surface area contributed by atoms with Gasteiger partial charge < -0.3 is 11.1 Å². The number of nitrogens with one attached hydrogen (secondary N) is 1. The fraction of sp³-hybridized carbons (Fsp3) is 0.308. The second kappa shape index (κ2) is 7.00. The highest BCUT2D eigenvalue weighted by Crippen LogP contribution is 2.19. The summed E-state index contributed by atoms with van der Waals surface area (Å²) in [5.41, 5.74) is 7.81. The molecule has 0 radical (unpaired) electrons. The average Bonchev–Trinajstić information content (AvgIpc) is 2.33. The van der Waals surface area contributed by atoms with E-state index in [4.69, 9.17) is 16.3 Å². The van der Waals surface area contributed by atoms with Crippen molar-refractivity contribution in [1.29, 1.82) is 10.5 Å². The van der Waals surface area contributed by atoms with Gasteiger partial charge in [-0.1, -0.05) is 6.07 Å². The Hall–Kier alpha value is -2.57. The van der Waals surface area contributed by atoms with Crippen LogP contribution in [0.3, 0.4) is 0 Å². The van der Waals surface area contributed by atoms with Crippen molar-refractivity contribution in [2.24, 2.45) is 0 Å². The largest absolute Gasteiger partial charge is 0.397 e. The van der Waals surface area contributed by atoms with Gasteiger partial charge in [-0.2, -0.15) is 10.5 Å². The van der Waals surface area contributed by atoms with Crippen LogP contribution in [0.15, 0.2) is 18.2 Å². The molecule has 98 valence electrons. The number of nitrogen functional groups attached to an aromatic ring is 1.